The molecule has 0 spiro atoms. The van der Waals surface area contributed by atoms with Crippen LogP contribution in [0, 0.1) is 0 Å². The molecule has 0 aliphatic carbocycles. The average Bonchev–Trinajstić information content (AvgIpc) is 2.75. The van der Waals surface area contributed by atoms with Crippen LogP contribution in [0.3, 0.4) is 0 Å². The molecule has 102 valence electrons. The van der Waals surface area contributed by atoms with Crippen molar-refractivity contribution < 1.29 is 23.1 Å². The van der Waals surface area contributed by atoms with Crippen LogP contribution in [0.15, 0.2) is 16.7 Å². The molecule has 0 aliphatic heterocycles. The van der Waals surface area contributed by atoms with Crippen LogP contribution >= 0.6 is 0 Å². The molecule has 1 aromatic rings. The van der Waals surface area contributed by atoms with Crippen molar-refractivity contribution >= 4 is 5.91 Å². The lowest BCUT2D eigenvalue weighted by atomic mass is 10.2. The Morgan fingerprint density at radius 1 is 1.61 bits per heavy atom. The van der Waals surface area contributed by atoms with Crippen LogP contribution in [0.5, 0.6) is 0 Å². The smallest absolute Gasteiger partial charge is 0.301 e. The third-order valence-corrected chi connectivity index (χ3v) is 2.29. The van der Waals surface area contributed by atoms with Gasteiger partial charge in [-0.1, -0.05) is 0 Å². The molecule has 0 aliphatic rings. The van der Waals surface area contributed by atoms with Gasteiger partial charge in [0.15, 0.2) is 5.76 Å². The molecule has 18 heavy (non-hydrogen) atoms. The molecular weight excluding hydrogens is 248 g/mol. The number of carbonyl (C=O) groups excluding carboxylic acids is 1. The molecule has 8 heteroatoms. The number of amides is 1. The average molecular weight is 263 g/mol. The van der Waals surface area contributed by atoms with Crippen LogP contribution in [0.2, 0.25) is 0 Å². The molecule has 1 aromatic heterocycles. The van der Waals surface area contributed by atoms with E-state index < -0.39 is 18.9 Å². The van der Waals surface area contributed by atoms with E-state index in [2.05, 4.69) is 0 Å². The van der Waals surface area contributed by atoms with Crippen molar-refractivity contribution in [3.8, 4) is 0 Å². The number of hydrazine groups is 1. The Labute approximate surface area is 102 Å². The number of carbonyl (C=O) groups is 1. The topological polar surface area (TPSA) is 91.7 Å². The molecule has 1 heterocycles. The number of nitrogens with one attached hydrogen (secondary N) is 1. The zero-order chi connectivity index (χ0) is 13.5. The van der Waals surface area contributed by atoms with Crippen molar-refractivity contribution in [2.24, 2.45) is 5.84 Å². The fraction of sp³-hybridized carbons (Fsp3) is 0.500. The number of alkyl halides is 2. The first kappa shape index (κ1) is 14.6. The Bertz CT molecular complexity index is 384. The lowest BCUT2D eigenvalue weighted by molar-refractivity contribution is 0.0741. The SMILES string of the molecule is NNC(=O)c1occc1CN(CCO)CC(F)F. The van der Waals surface area contributed by atoms with E-state index in [1.54, 1.807) is 0 Å². The van der Waals surface area contributed by atoms with Crippen LogP contribution in [-0.2, 0) is 6.54 Å². The molecule has 0 radical (unpaired) electrons. The van der Waals surface area contributed by atoms with Crippen LogP contribution < -0.4 is 11.3 Å². The first-order valence-electron chi connectivity index (χ1n) is 5.27. The third-order valence-electron chi connectivity index (χ3n) is 2.29. The molecule has 0 saturated carbocycles. The van der Waals surface area contributed by atoms with Gasteiger partial charge >= 0.3 is 5.91 Å². The van der Waals surface area contributed by atoms with Gasteiger partial charge in [-0.3, -0.25) is 15.1 Å². The standard InChI is InChI=1S/C10H15F2N3O3/c11-8(12)6-15(2-3-16)5-7-1-4-18-9(7)10(17)14-13/h1,4,8,16H,2-3,5-6,13H2,(H,14,17). The van der Waals surface area contributed by atoms with Crippen molar-refractivity contribution in [2.75, 3.05) is 19.7 Å². The van der Waals surface area contributed by atoms with Gasteiger partial charge in [-0.05, 0) is 6.07 Å². The number of rotatable bonds is 7. The predicted molar refractivity (Wildman–Crippen MR) is 58.7 cm³/mol. The van der Waals surface area contributed by atoms with Crippen molar-refractivity contribution in [3.05, 3.63) is 23.7 Å². The molecule has 0 bridgehead atoms. The molecule has 0 atom stereocenters. The summed E-state index contributed by atoms with van der Waals surface area (Å²) in [6.45, 7) is -0.582. The monoisotopic (exact) mass is 263 g/mol. The van der Waals surface area contributed by atoms with Gasteiger partial charge in [0.2, 0.25) is 0 Å². The fourth-order valence-electron chi connectivity index (χ4n) is 1.54. The largest absolute Gasteiger partial charge is 0.459 e. The maximum atomic E-state index is 12.3. The van der Waals surface area contributed by atoms with Crippen LogP contribution in [0.25, 0.3) is 0 Å². The molecule has 1 rings (SSSR count). The predicted octanol–water partition coefficient (Wildman–Crippen LogP) is -0.0575. The summed E-state index contributed by atoms with van der Waals surface area (Å²) in [6, 6.07) is 1.50. The van der Waals surface area contributed by atoms with E-state index >= 15 is 0 Å². The number of nitrogen functional groups attached to an aromatic ring is 1. The highest BCUT2D eigenvalue weighted by Gasteiger charge is 2.18. The molecule has 0 aromatic carbocycles. The fourth-order valence-corrected chi connectivity index (χ4v) is 1.54. The Kier molecular flexibility index (Phi) is 5.69. The highest BCUT2D eigenvalue weighted by Crippen LogP contribution is 2.14. The minimum Gasteiger partial charge on any atom is -0.459 e. The van der Waals surface area contributed by atoms with Crippen LogP contribution in [0.4, 0.5) is 8.78 Å². The van der Waals surface area contributed by atoms with E-state index in [0.29, 0.717) is 5.56 Å². The zero-order valence-corrected chi connectivity index (χ0v) is 9.60. The van der Waals surface area contributed by atoms with E-state index in [4.69, 9.17) is 15.4 Å². The molecule has 4 N–H and O–H groups in total. The first-order chi connectivity index (χ1) is 8.58. The molecule has 0 fully saturated rings. The molecule has 6 nitrogen and oxygen atoms in total. The second-order valence-corrected chi connectivity index (χ2v) is 3.60. The van der Waals surface area contributed by atoms with Crippen LogP contribution in [0.1, 0.15) is 16.1 Å². The molecule has 0 saturated heterocycles. The van der Waals surface area contributed by atoms with E-state index in [-0.39, 0.29) is 25.5 Å². The van der Waals surface area contributed by atoms with Crippen molar-refractivity contribution in [3.63, 3.8) is 0 Å². The summed E-state index contributed by atoms with van der Waals surface area (Å²) in [5.41, 5.74) is 2.34. The second kappa shape index (κ2) is 7.04. The van der Waals surface area contributed by atoms with E-state index in [1.165, 1.54) is 17.2 Å². The number of halogens is 2. The van der Waals surface area contributed by atoms with Gasteiger partial charge in [-0.25, -0.2) is 14.6 Å². The normalized spacial score (nSPS) is 11.2. The Morgan fingerprint density at radius 3 is 2.89 bits per heavy atom. The Balaban J connectivity index is 2.74. The summed E-state index contributed by atoms with van der Waals surface area (Å²) in [5.74, 6) is 4.32. The molecule has 1 amide bonds. The summed E-state index contributed by atoms with van der Waals surface area (Å²) in [6.07, 6.45) is -1.24. The minimum absolute atomic E-state index is 0.0188. The lowest BCUT2D eigenvalue weighted by Gasteiger charge is -2.20. The van der Waals surface area contributed by atoms with Crippen molar-refractivity contribution in [2.45, 2.75) is 13.0 Å². The molecule has 0 unspecified atom stereocenters. The number of hydrogen-bond acceptors (Lipinski definition) is 5. The maximum Gasteiger partial charge on any atom is 0.301 e. The van der Waals surface area contributed by atoms with Gasteiger partial charge in [0.05, 0.1) is 19.4 Å². The van der Waals surface area contributed by atoms with Gasteiger partial charge in [0.1, 0.15) is 0 Å². The zero-order valence-electron chi connectivity index (χ0n) is 9.60. The summed E-state index contributed by atoms with van der Waals surface area (Å²) >= 11 is 0. The van der Waals surface area contributed by atoms with Gasteiger partial charge in [-0.2, -0.15) is 0 Å². The van der Waals surface area contributed by atoms with Crippen molar-refractivity contribution in [1.82, 2.24) is 10.3 Å². The van der Waals surface area contributed by atoms with Gasteiger partial charge in [-0.15, -0.1) is 0 Å². The lowest BCUT2D eigenvalue weighted by Crippen LogP contribution is -2.33. The second-order valence-electron chi connectivity index (χ2n) is 3.60. The minimum atomic E-state index is -2.52. The Morgan fingerprint density at radius 2 is 2.33 bits per heavy atom. The number of aliphatic hydroxyl groups is 1. The quantitative estimate of drug-likeness (QED) is 0.364. The highest BCUT2D eigenvalue weighted by molar-refractivity contribution is 5.92. The van der Waals surface area contributed by atoms with Gasteiger partial charge in [0, 0.05) is 18.7 Å². The highest BCUT2D eigenvalue weighted by atomic mass is 19.3. The number of nitrogens with zero attached hydrogens (tertiary/aromatic N) is 1. The summed E-state index contributed by atoms with van der Waals surface area (Å²) < 4.78 is 29.6. The van der Waals surface area contributed by atoms with E-state index in [9.17, 15) is 13.6 Å². The van der Waals surface area contributed by atoms with Crippen LogP contribution in [-0.4, -0.2) is 42.0 Å². The van der Waals surface area contributed by atoms with Crippen molar-refractivity contribution in [1.29, 1.82) is 0 Å². The van der Waals surface area contributed by atoms with E-state index in [1.807, 2.05) is 5.43 Å². The number of hydrogen-bond donors (Lipinski definition) is 3. The Hall–Kier alpha value is -1.51. The summed E-state index contributed by atoms with van der Waals surface area (Å²) in [4.78, 5) is 12.6. The molecular formula is C10H15F2N3O3. The first-order valence-corrected chi connectivity index (χ1v) is 5.27. The third kappa shape index (κ3) is 4.06. The van der Waals surface area contributed by atoms with Gasteiger partial charge in [0.25, 0.3) is 6.43 Å². The maximum absolute atomic E-state index is 12.3. The number of furan rings is 1. The summed E-state index contributed by atoms with van der Waals surface area (Å²) in [7, 11) is 0. The summed E-state index contributed by atoms with van der Waals surface area (Å²) in [5, 5.41) is 8.79. The number of nitrogens with two attached hydrogens (primary N) is 1. The van der Waals surface area contributed by atoms with E-state index in [0.717, 1.165) is 0 Å². The number of aliphatic hydroxyl groups excluding tert-OH is 1. The van der Waals surface area contributed by atoms with Gasteiger partial charge < -0.3 is 9.52 Å².